The molecule has 160 valence electrons. The monoisotopic (exact) mass is 428 g/mol. The number of carbonyl (C=O) groups excluding carboxylic acids is 2. The second-order valence-corrected chi connectivity index (χ2v) is 8.22. The maximum absolute atomic E-state index is 12.6. The molecule has 1 aliphatic heterocycles. The van der Waals surface area contributed by atoms with Crippen molar-refractivity contribution in [3.05, 3.63) is 51.5 Å². The van der Waals surface area contributed by atoms with E-state index in [1.54, 1.807) is 28.4 Å². The Morgan fingerprint density at radius 2 is 2.13 bits per heavy atom. The van der Waals surface area contributed by atoms with Crippen molar-refractivity contribution in [3.63, 3.8) is 0 Å². The van der Waals surface area contributed by atoms with Crippen LogP contribution in [0.1, 0.15) is 33.5 Å². The molecule has 2 heterocycles. The summed E-state index contributed by atoms with van der Waals surface area (Å²) in [5.41, 5.74) is 2.62. The van der Waals surface area contributed by atoms with Crippen LogP contribution in [-0.4, -0.2) is 65.8 Å². The Morgan fingerprint density at radius 1 is 1.37 bits per heavy atom. The van der Waals surface area contributed by atoms with Gasteiger partial charge in [0, 0.05) is 37.6 Å². The number of aliphatic imine (C=N–C) groups is 1. The zero-order valence-corrected chi connectivity index (χ0v) is 18.5. The van der Waals surface area contributed by atoms with Gasteiger partial charge in [-0.25, -0.2) is 9.98 Å². The van der Waals surface area contributed by atoms with E-state index in [9.17, 15) is 9.59 Å². The molecule has 9 heteroatoms. The van der Waals surface area contributed by atoms with Gasteiger partial charge in [0.2, 0.25) is 5.91 Å². The number of hydrogen-bond donors (Lipinski definition) is 2. The summed E-state index contributed by atoms with van der Waals surface area (Å²) in [4.78, 5) is 36.9. The number of aryl methyl sites for hydroxylation is 1. The standard InChI is InChI=1S/C21H28N6O2S/c1-4-22-21(26(3)12-18-14-30-15(2)25-18)24-11-16-5-7-17(8-6-16)20(29)27-10-9-23-19(28)13-27/h5-8,14H,4,9-13H2,1-3H3,(H,22,24)(H,23,28). The van der Waals surface area contributed by atoms with Crippen molar-refractivity contribution in [2.75, 3.05) is 33.2 Å². The molecule has 1 saturated heterocycles. The fourth-order valence-corrected chi connectivity index (χ4v) is 3.79. The molecule has 1 aliphatic rings. The Labute approximate surface area is 181 Å². The van der Waals surface area contributed by atoms with Crippen molar-refractivity contribution in [2.24, 2.45) is 4.99 Å². The summed E-state index contributed by atoms with van der Waals surface area (Å²) >= 11 is 1.64. The Kier molecular flexibility index (Phi) is 7.40. The second kappa shape index (κ2) is 10.2. The lowest BCUT2D eigenvalue weighted by atomic mass is 10.1. The lowest BCUT2D eigenvalue weighted by Gasteiger charge is -2.26. The summed E-state index contributed by atoms with van der Waals surface area (Å²) in [6.45, 7) is 7.15. The summed E-state index contributed by atoms with van der Waals surface area (Å²) in [7, 11) is 1.99. The number of amides is 2. The van der Waals surface area contributed by atoms with Crippen LogP contribution < -0.4 is 10.6 Å². The van der Waals surface area contributed by atoms with Crippen LogP contribution in [0.15, 0.2) is 34.6 Å². The van der Waals surface area contributed by atoms with Gasteiger partial charge in [-0.15, -0.1) is 11.3 Å². The maximum Gasteiger partial charge on any atom is 0.254 e. The molecule has 30 heavy (non-hydrogen) atoms. The molecule has 0 aliphatic carbocycles. The number of guanidine groups is 1. The van der Waals surface area contributed by atoms with E-state index in [1.807, 2.05) is 33.0 Å². The highest BCUT2D eigenvalue weighted by Crippen LogP contribution is 2.12. The van der Waals surface area contributed by atoms with Gasteiger partial charge in [0.15, 0.2) is 5.96 Å². The van der Waals surface area contributed by atoms with Crippen molar-refractivity contribution in [2.45, 2.75) is 26.9 Å². The molecule has 2 amide bonds. The van der Waals surface area contributed by atoms with Gasteiger partial charge in [-0.2, -0.15) is 0 Å². The summed E-state index contributed by atoms with van der Waals surface area (Å²) in [5.74, 6) is 0.572. The third kappa shape index (κ3) is 5.79. The van der Waals surface area contributed by atoms with E-state index in [-0.39, 0.29) is 18.4 Å². The quantitative estimate of drug-likeness (QED) is 0.539. The Bertz CT molecular complexity index is 908. The summed E-state index contributed by atoms with van der Waals surface area (Å²) in [6.07, 6.45) is 0. The van der Waals surface area contributed by atoms with Gasteiger partial charge in [0.05, 0.1) is 30.3 Å². The van der Waals surface area contributed by atoms with Crippen LogP contribution >= 0.6 is 11.3 Å². The predicted molar refractivity (Wildman–Crippen MR) is 118 cm³/mol. The number of hydrogen-bond acceptors (Lipinski definition) is 5. The number of rotatable bonds is 6. The van der Waals surface area contributed by atoms with E-state index in [4.69, 9.17) is 4.99 Å². The summed E-state index contributed by atoms with van der Waals surface area (Å²) in [6, 6.07) is 7.42. The molecule has 0 saturated carbocycles. The molecular formula is C21H28N6O2S. The highest BCUT2D eigenvalue weighted by atomic mass is 32.1. The van der Waals surface area contributed by atoms with Crippen LogP contribution in [0, 0.1) is 6.92 Å². The number of carbonyl (C=O) groups is 2. The van der Waals surface area contributed by atoms with Gasteiger partial charge in [0.25, 0.3) is 5.91 Å². The Morgan fingerprint density at radius 3 is 2.77 bits per heavy atom. The minimum absolute atomic E-state index is 0.113. The zero-order valence-electron chi connectivity index (χ0n) is 17.6. The topological polar surface area (TPSA) is 89.9 Å². The summed E-state index contributed by atoms with van der Waals surface area (Å²) < 4.78 is 0. The van der Waals surface area contributed by atoms with Crippen LogP contribution in [-0.2, 0) is 17.9 Å². The smallest absolute Gasteiger partial charge is 0.254 e. The van der Waals surface area contributed by atoms with Gasteiger partial charge < -0.3 is 20.4 Å². The van der Waals surface area contributed by atoms with E-state index in [1.165, 1.54) is 0 Å². The first-order valence-electron chi connectivity index (χ1n) is 10.0. The van der Waals surface area contributed by atoms with Crippen LogP contribution in [0.2, 0.25) is 0 Å². The van der Waals surface area contributed by atoms with Crippen LogP contribution in [0.4, 0.5) is 0 Å². The fourth-order valence-electron chi connectivity index (χ4n) is 3.18. The second-order valence-electron chi connectivity index (χ2n) is 7.16. The van der Waals surface area contributed by atoms with Crippen LogP contribution in [0.5, 0.6) is 0 Å². The van der Waals surface area contributed by atoms with Gasteiger partial charge in [-0.1, -0.05) is 12.1 Å². The van der Waals surface area contributed by atoms with Crippen LogP contribution in [0.25, 0.3) is 0 Å². The summed E-state index contributed by atoms with van der Waals surface area (Å²) in [5, 5.41) is 9.16. The van der Waals surface area contributed by atoms with E-state index >= 15 is 0 Å². The van der Waals surface area contributed by atoms with E-state index in [2.05, 4.69) is 25.9 Å². The number of aromatic nitrogens is 1. The third-order valence-corrected chi connectivity index (χ3v) is 5.52. The Hall–Kier alpha value is -2.94. The third-order valence-electron chi connectivity index (χ3n) is 4.70. The van der Waals surface area contributed by atoms with Crippen molar-refractivity contribution >= 4 is 29.1 Å². The number of piperazine rings is 1. The molecule has 1 fully saturated rings. The normalized spacial score (nSPS) is 14.4. The highest BCUT2D eigenvalue weighted by Gasteiger charge is 2.22. The number of nitrogens with one attached hydrogen (secondary N) is 2. The minimum atomic E-state index is -0.119. The number of benzene rings is 1. The van der Waals surface area contributed by atoms with Crippen molar-refractivity contribution in [3.8, 4) is 0 Å². The molecule has 2 aromatic rings. The molecule has 0 bridgehead atoms. The minimum Gasteiger partial charge on any atom is -0.357 e. The first kappa shape index (κ1) is 21.8. The maximum atomic E-state index is 12.6. The van der Waals surface area contributed by atoms with Gasteiger partial charge in [-0.3, -0.25) is 9.59 Å². The predicted octanol–water partition coefficient (Wildman–Crippen LogP) is 1.62. The van der Waals surface area contributed by atoms with Gasteiger partial charge in [-0.05, 0) is 31.5 Å². The number of nitrogens with zero attached hydrogens (tertiary/aromatic N) is 4. The molecule has 0 spiro atoms. The van der Waals surface area contributed by atoms with E-state index < -0.39 is 0 Å². The molecule has 1 aromatic heterocycles. The first-order chi connectivity index (χ1) is 14.5. The molecule has 0 atom stereocenters. The molecule has 8 nitrogen and oxygen atoms in total. The fraction of sp³-hybridized carbons (Fsp3) is 0.429. The first-order valence-corrected chi connectivity index (χ1v) is 10.9. The Balaban J connectivity index is 1.62. The van der Waals surface area contributed by atoms with Crippen molar-refractivity contribution < 1.29 is 9.59 Å². The average Bonchev–Trinajstić information content (AvgIpc) is 3.15. The molecular weight excluding hydrogens is 400 g/mol. The highest BCUT2D eigenvalue weighted by molar-refractivity contribution is 7.09. The molecule has 2 N–H and O–H groups in total. The lowest BCUT2D eigenvalue weighted by molar-refractivity contribution is -0.123. The van der Waals surface area contributed by atoms with E-state index in [0.717, 1.165) is 28.8 Å². The molecule has 3 rings (SSSR count). The number of thiazole rings is 1. The van der Waals surface area contributed by atoms with E-state index in [0.29, 0.717) is 31.7 Å². The van der Waals surface area contributed by atoms with Crippen molar-refractivity contribution in [1.29, 1.82) is 0 Å². The molecule has 0 unspecified atom stereocenters. The SMILES string of the molecule is CCNC(=NCc1ccc(C(=O)N2CCNC(=O)C2)cc1)N(C)Cc1csc(C)n1. The molecule has 1 aromatic carbocycles. The van der Waals surface area contributed by atoms with Crippen molar-refractivity contribution in [1.82, 2.24) is 25.4 Å². The largest absolute Gasteiger partial charge is 0.357 e. The van der Waals surface area contributed by atoms with Gasteiger partial charge in [0.1, 0.15) is 0 Å². The van der Waals surface area contributed by atoms with Gasteiger partial charge >= 0.3 is 0 Å². The molecule has 0 radical (unpaired) electrons. The van der Waals surface area contributed by atoms with Crippen LogP contribution in [0.3, 0.4) is 0 Å². The lowest BCUT2D eigenvalue weighted by Crippen LogP contribution is -2.49. The zero-order chi connectivity index (χ0) is 21.5. The average molecular weight is 429 g/mol.